The molecular weight excluding hydrogens is 244 g/mol. The second-order valence-corrected chi connectivity index (χ2v) is 4.05. The highest BCUT2D eigenvalue weighted by atomic mass is 79.9. The van der Waals surface area contributed by atoms with Gasteiger partial charge in [0.15, 0.2) is 6.29 Å². The molecule has 0 amide bonds. The molecule has 0 N–H and O–H groups in total. The largest absolute Gasteiger partial charge is 0.353 e. The fourth-order valence-corrected chi connectivity index (χ4v) is 1.55. The Hall–Kier alpha value is -0.0400. The zero-order chi connectivity index (χ0) is 10.1. The first-order valence-corrected chi connectivity index (χ1v) is 6.30. The zero-order valence-corrected chi connectivity index (χ0v) is 10.0. The Morgan fingerprint density at radius 2 is 2.29 bits per heavy atom. The minimum atomic E-state index is -0.00535. The van der Waals surface area contributed by atoms with Crippen molar-refractivity contribution in [3.05, 3.63) is 0 Å². The Morgan fingerprint density at radius 1 is 1.36 bits per heavy atom. The average molecular weight is 261 g/mol. The minimum Gasteiger partial charge on any atom is -0.353 e. The van der Waals surface area contributed by atoms with Gasteiger partial charge < -0.3 is 9.47 Å². The molecule has 1 fully saturated rings. The molecule has 80 valence electrons. The molecule has 0 spiro atoms. The Morgan fingerprint density at radius 3 is 3.00 bits per heavy atom. The molecule has 1 aliphatic rings. The molecule has 0 aliphatic carbocycles. The van der Waals surface area contributed by atoms with Crippen LogP contribution >= 0.6 is 15.9 Å². The van der Waals surface area contributed by atoms with E-state index in [0.29, 0.717) is 6.61 Å². The van der Waals surface area contributed by atoms with Crippen molar-refractivity contribution < 1.29 is 9.47 Å². The van der Waals surface area contributed by atoms with Crippen LogP contribution in [0.5, 0.6) is 0 Å². The van der Waals surface area contributed by atoms with E-state index in [9.17, 15) is 0 Å². The summed E-state index contributed by atoms with van der Waals surface area (Å²) < 4.78 is 10.9. The summed E-state index contributed by atoms with van der Waals surface area (Å²) >= 11 is 3.36. The Bertz CT molecular complexity index is 189. The third-order valence-electron chi connectivity index (χ3n) is 2.04. The van der Waals surface area contributed by atoms with Crippen LogP contribution in [0.25, 0.3) is 0 Å². The summed E-state index contributed by atoms with van der Waals surface area (Å²) in [7, 11) is 0. The van der Waals surface area contributed by atoms with Gasteiger partial charge in [0.25, 0.3) is 0 Å². The molecule has 1 atom stereocenters. The number of halogens is 1. The van der Waals surface area contributed by atoms with E-state index in [2.05, 4.69) is 27.8 Å². The van der Waals surface area contributed by atoms with E-state index in [0.717, 1.165) is 37.6 Å². The molecule has 1 heterocycles. The Balaban J connectivity index is 1.98. The van der Waals surface area contributed by atoms with Gasteiger partial charge in [0.1, 0.15) is 6.61 Å². The first kappa shape index (κ1) is 12.0. The summed E-state index contributed by atoms with van der Waals surface area (Å²) in [5, 5.41) is 1.02. The van der Waals surface area contributed by atoms with E-state index in [1.165, 1.54) is 6.42 Å². The maximum absolute atomic E-state index is 5.46. The molecule has 3 heteroatoms. The molecule has 1 saturated heterocycles. The molecule has 0 radical (unpaired) electrons. The van der Waals surface area contributed by atoms with Crippen LogP contribution in [-0.4, -0.2) is 24.8 Å². The quantitative estimate of drug-likeness (QED) is 0.440. The van der Waals surface area contributed by atoms with Crippen LogP contribution in [0.1, 0.15) is 32.1 Å². The SMILES string of the molecule is BrCCCC#CCOC1CCCCO1. The van der Waals surface area contributed by atoms with Gasteiger partial charge in [0.2, 0.25) is 0 Å². The number of rotatable bonds is 4. The van der Waals surface area contributed by atoms with Crippen molar-refractivity contribution in [1.82, 2.24) is 0 Å². The van der Waals surface area contributed by atoms with Crippen molar-refractivity contribution >= 4 is 15.9 Å². The van der Waals surface area contributed by atoms with Crippen molar-refractivity contribution in [2.24, 2.45) is 0 Å². The smallest absolute Gasteiger partial charge is 0.158 e. The number of hydrogen-bond donors (Lipinski definition) is 0. The monoisotopic (exact) mass is 260 g/mol. The minimum absolute atomic E-state index is 0.00535. The standard InChI is InChI=1S/C11H17BrO2/c12-8-4-1-2-5-9-13-11-7-3-6-10-14-11/h11H,1,3-4,6-10H2. The van der Waals surface area contributed by atoms with Gasteiger partial charge in [-0.15, -0.1) is 5.92 Å². The summed E-state index contributed by atoms with van der Waals surface area (Å²) in [5.41, 5.74) is 0. The highest BCUT2D eigenvalue weighted by Crippen LogP contribution is 2.12. The fraction of sp³-hybridized carbons (Fsp3) is 0.818. The molecule has 0 aromatic rings. The first-order chi connectivity index (χ1) is 6.93. The van der Waals surface area contributed by atoms with Gasteiger partial charge in [-0.1, -0.05) is 21.9 Å². The molecule has 0 bridgehead atoms. The number of hydrogen-bond acceptors (Lipinski definition) is 2. The lowest BCUT2D eigenvalue weighted by molar-refractivity contribution is -0.154. The zero-order valence-electron chi connectivity index (χ0n) is 8.43. The van der Waals surface area contributed by atoms with Crippen LogP contribution in [0, 0.1) is 11.8 Å². The van der Waals surface area contributed by atoms with Gasteiger partial charge in [-0.05, 0) is 25.7 Å². The van der Waals surface area contributed by atoms with Crippen LogP contribution in [0.2, 0.25) is 0 Å². The maximum atomic E-state index is 5.46. The molecule has 0 saturated carbocycles. The summed E-state index contributed by atoms with van der Waals surface area (Å²) in [6.07, 6.45) is 5.43. The molecular formula is C11H17BrO2. The van der Waals surface area contributed by atoms with Gasteiger partial charge in [-0.2, -0.15) is 0 Å². The lowest BCUT2D eigenvalue weighted by atomic mass is 10.2. The van der Waals surface area contributed by atoms with Gasteiger partial charge in [0, 0.05) is 18.4 Å². The first-order valence-electron chi connectivity index (χ1n) is 5.18. The Labute approximate surface area is 94.5 Å². The summed E-state index contributed by atoms with van der Waals surface area (Å²) in [6, 6.07) is 0. The van der Waals surface area contributed by atoms with Crippen LogP contribution in [-0.2, 0) is 9.47 Å². The molecule has 1 aliphatic heterocycles. The maximum Gasteiger partial charge on any atom is 0.158 e. The Kier molecular flexibility index (Phi) is 7.12. The van der Waals surface area contributed by atoms with Crippen LogP contribution in [0.3, 0.4) is 0 Å². The predicted molar refractivity (Wildman–Crippen MR) is 60.3 cm³/mol. The summed E-state index contributed by atoms with van der Waals surface area (Å²) in [5.74, 6) is 6.06. The van der Waals surface area contributed by atoms with Gasteiger partial charge in [0.05, 0.1) is 0 Å². The van der Waals surface area contributed by atoms with Crippen LogP contribution < -0.4 is 0 Å². The highest BCUT2D eigenvalue weighted by Gasteiger charge is 2.12. The molecule has 1 unspecified atom stereocenters. The van der Waals surface area contributed by atoms with Crippen molar-refractivity contribution in [3.63, 3.8) is 0 Å². The fourth-order valence-electron chi connectivity index (χ4n) is 1.27. The molecule has 14 heavy (non-hydrogen) atoms. The number of alkyl halides is 1. The molecule has 0 aromatic heterocycles. The molecule has 0 aromatic carbocycles. The molecule has 2 nitrogen and oxygen atoms in total. The van der Waals surface area contributed by atoms with Crippen molar-refractivity contribution in [3.8, 4) is 11.8 Å². The van der Waals surface area contributed by atoms with E-state index in [-0.39, 0.29) is 6.29 Å². The lowest BCUT2D eigenvalue weighted by Crippen LogP contribution is -2.22. The predicted octanol–water partition coefficient (Wildman–Crippen LogP) is 2.71. The lowest BCUT2D eigenvalue weighted by Gasteiger charge is -2.21. The number of ether oxygens (including phenoxy) is 2. The van der Waals surface area contributed by atoms with Crippen LogP contribution in [0.15, 0.2) is 0 Å². The normalized spacial score (nSPS) is 21.4. The third-order valence-corrected chi connectivity index (χ3v) is 2.60. The van der Waals surface area contributed by atoms with E-state index in [1.807, 2.05) is 0 Å². The topological polar surface area (TPSA) is 18.5 Å². The number of unbranched alkanes of at least 4 members (excludes halogenated alkanes) is 1. The second kappa shape index (κ2) is 8.28. The van der Waals surface area contributed by atoms with Crippen molar-refractivity contribution in [2.75, 3.05) is 18.5 Å². The van der Waals surface area contributed by atoms with Gasteiger partial charge in [-0.25, -0.2) is 0 Å². The van der Waals surface area contributed by atoms with E-state index in [1.54, 1.807) is 0 Å². The van der Waals surface area contributed by atoms with Gasteiger partial charge in [-0.3, -0.25) is 0 Å². The van der Waals surface area contributed by atoms with E-state index in [4.69, 9.17) is 9.47 Å². The average Bonchev–Trinajstić information content (AvgIpc) is 2.25. The third kappa shape index (κ3) is 5.64. The summed E-state index contributed by atoms with van der Waals surface area (Å²) in [6.45, 7) is 1.34. The van der Waals surface area contributed by atoms with E-state index < -0.39 is 0 Å². The molecule has 1 rings (SSSR count). The van der Waals surface area contributed by atoms with Crippen LogP contribution in [0.4, 0.5) is 0 Å². The van der Waals surface area contributed by atoms with Crippen molar-refractivity contribution in [1.29, 1.82) is 0 Å². The highest BCUT2D eigenvalue weighted by molar-refractivity contribution is 9.09. The second-order valence-electron chi connectivity index (χ2n) is 3.25. The van der Waals surface area contributed by atoms with E-state index >= 15 is 0 Å². The summed E-state index contributed by atoms with van der Waals surface area (Å²) in [4.78, 5) is 0. The van der Waals surface area contributed by atoms with Crippen molar-refractivity contribution in [2.45, 2.75) is 38.4 Å². The van der Waals surface area contributed by atoms with Gasteiger partial charge >= 0.3 is 0 Å².